The molecule has 1 radical (unpaired) electrons. The van der Waals surface area contributed by atoms with Gasteiger partial charge in [0.05, 0.1) is 5.02 Å². The lowest BCUT2D eigenvalue weighted by Crippen LogP contribution is -2.20. The van der Waals surface area contributed by atoms with Crippen LogP contribution in [0, 0.1) is 5.82 Å². The average molecular weight is 213 g/mol. The van der Waals surface area contributed by atoms with Gasteiger partial charge >= 0.3 is 0 Å². The standard InChI is InChI=1S/C11H12ClFN/c12-10-7-9(1-2-11(10)13)8-3-5-14-6-4-8/h1-2,7-8H,3-6H2. The molecule has 0 amide bonds. The fourth-order valence-corrected chi connectivity index (χ4v) is 2.04. The van der Waals surface area contributed by atoms with Gasteiger partial charge in [0.1, 0.15) is 5.82 Å². The van der Waals surface area contributed by atoms with Crippen LogP contribution in [0.15, 0.2) is 18.2 Å². The Morgan fingerprint density at radius 2 is 2.00 bits per heavy atom. The Morgan fingerprint density at radius 1 is 1.29 bits per heavy atom. The van der Waals surface area contributed by atoms with E-state index in [1.807, 2.05) is 6.07 Å². The fraction of sp³-hybridized carbons (Fsp3) is 0.455. The first-order chi connectivity index (χ1) is 6.77. The SMILES string of the molecule is Fc1ccc(C2CC[N]CC2)cc1Cl. The van der Waals surface area contributed by atoms with Crippen LogP contribution >= 0.6 is 11.6 Å². The second-order valence-electron chi connectivity index (χ2n) is 3.62. The summed E-state index contributed by atoms with van der Waals surface area (Å²) in [6, 6.07) is 5.02. The van der Waals surface area contributed by atoms with Gasteiger partial charge in [-0.05, 0) is 36.5 Å². The van der Waals surface area contributed by atoms with Gasteiger partial charge < -0.3 is 0 Å². The molecule has 0 saturated carbocycles. The number of hydrogen-bond donors (Lipinski definition) is 0. The molecule has 0 spiro atoms. The molecule has 0 aromatic heterocycles. The largest absolute Gasteiger partial charge is 0.242 e. The van der Waals surface area contributed by atoms with Crippen LogP contribution in [0.2, 0.25) is 5.02 Å². The summed E-state index contributed by atoms with van der Waals surface area (Å²) in [4.78, 5) is 0. The highest BCUT2D eigenvalue weighted by Crippen LogP contribution is 2.28. The Bertz CT molecular complexity index is 321. The molecule has 1 aliphatic heterocycles. The number of rotatable bonds is 1. The minimum atomic E-state index is -0.337. The smallest absolute Gasteiger partial charge is 0.141 e. The van der Waals surface area contributed by atoms with E-state index >= 15 is 0 Å². The van der Waals surface area contributed by atoms with Crippen LogP contribution in [0.5, 0.6) is 0 Å². The van der Waals surface area contributed by atoms with E-state index in [0.29, 0.717) is 5.92 Å². The van der Waals surface area contributed by atoms with Crippen LogP contribution in [0.1, 0.15) is 24.3 Å². The molecule has 0 atom stereocenters. The highest BCUT2D eigenvalue weighted by atomic mass is 35.5. The van der Waals surface area contributed by atoms with Crippen LogP contribution in [0.4, 0.5) is 4.39 Å². The Labute approximate surface area is 88.3 Å². The van der Waals surface area contributed by atoms with Crippen molar-refractivity contribution in [2.24, 2.45) is 0 Å². The fourth-order valence-electron chi connectivity index (χ4n) is 1.85. The number of hydrogen-bond acceptors (Lipinski definition) is 0. The first-order valence-corrected chi connectivity index (χ1v) is 5.23. The minimum Gasteiger partial charge on any atom is -0.242 e. The van der Waals surface area contributed by atoms with Crippen LogP contribution < -0.4 is 5.32 Å². The van der Waals surface area contributed by atoms with E-state index in [0.717, 1.165) is 31.5 Å². The normalized spacial score (nSPS) is 18.4. The van der Waals surface area contributed by atoms with Gasteiger partial charge in [-0.3, -0.25) is 0 Å². The van der Waals surface area contributed by atoms with Crippen molar-refractivity contribution in [3.63, 3.8) is 0 Å². The Hall–Kier alpha value is -0.600. The third kappa shape index (κ3) is 2.07. The number of piperidine rings is 1. The monoisotopic (exact) mass is 212 g/mol. The number of benzene rings is 1. The molecule has 1 aliphatic rings. The molecule has 2 rings (SSSR count). The van der Waals surface area contributed by atoms with Gasteiger partial charge in [-0.1, -0.05) is 17.7 Å². The van der Waals surface area contributed by atoms with Gasteiger partial charge in [-0.2, -0.15) is 0 Å². The quantitative estimate of drug-likeness (QED) is 0.680. The average Bonchev–Trinajstić information content (AvgIpc) is 2.23. The first kappa shape index (κ1) is 9.94. The third-order valence-electron chi connectivity index (χ3n) is 2.69. The van der Waals surface area contributed by atoms with E-state index in [9.17, 15) is 4.39 Å². The summed E-state index contributed by atoms with van der Waals surface area (Å²) in [6.45, 7) is 1.83. The second kappa shape index (κ2) is 4.28. The maximum absolute atomic E-state index is 12.9. The van der Waals surface area contributed by atoms with Crippen molar-refractivity contribution in [1.29, 1.82) is 0 Å². The molecule has 0 bridgehead atoms. The lowest BCUT2D eigenvalue weighted by atomic mass is 9.90. The van der Waals surface area contributed by atoms with Gasteiger partial charge in [0.15, 0.2) is 0 Å². The molecular weight excluding hydrogens is 201 g/mol. The van der Waals surface area contributed by atoms with E-state index in [1.54, 1.807) is 6.07 Å². The molecule has 75 valence electrons. The predicted molar refractivity (Wildman–Crippen MR) is 55.3 cm³/mol. The molecule has 3 heteroatoms. The molecule has 1 aromatic carbocycles. The van der Waals surface area contributed by atoms with E-state index in [2.05, 4.69) is 5.32 Å². The topological polar surface area (TPSA) is 14.1 Å². The highest BCUT2D eigenvalue weighted by molar-refractivity contribution is 6.30. The molecule has 1 heterocycles. The molecule has 0 aliphatic carbocycles. The van der Waals surface area contributed by atoms with Gasteiger partial charge in [0.2, 0.25) is 0 Å². The molecule has 1 aromatic rings. The van der Waals surface area contributed by atoms with Crippen molar-refractivity contribution in [2.45, 2.75) is 18.8 Å². The number of nitrogens with zero attached hydrogens (tertiary/aromatic N) is 1. The Morgan fingerprint density at radius 3 is 2.64 bits per heavy atom. The lowest BCUT2D eigenvalue weighted by molar-refractivity contribution is 0.453. The van der Waals surface area contributed by atoms with E-state index in [-0.39, 0.29) is 10.8 Å². The zero-order valence-electron chi connectivity index (χ0n) is 7.84. The Kier molecular flexibility index (Phi) is 3.04. The minimum absolute atomic E-state index is 0.227. The van der Waals surface area contributed by atoms with Crippen LogP contribution in [-0.2, 0) is 0 Å². The predicted octanol–water partition coefficient (Wildman–Crippen LogP) is 2.96. The zero-order chi connectivity index (χ0) is 9.97. The lowest BCUT2D eigenvalue weighted by Gasteiger charge is -2.21. The maximum atomic E-state index is 12.9. The molecule has 0 N–H and O–H groups in total. The van der Waals surface area contributed by atoms with Crippen molar-refractivity contribution in [1.82, 2.24) is 5.32 Å². The molecule has 1 saturated heterocycles. The van der Waals surface area contributed by atoms with Crippen molar-refractivity contribution < 1.29 is 4.39 Å². The van der Waals surface area contributed by atoms with Crippen molar-refractivity contribution in [2.75, 3.05) is 13.1 Å². The summed E-state index contributed by atoms with van der Waals surface area (Å²) in [5.41, 5.74) is 1.14. The van der Waals surface area contributed by atoms with E-state index in [4.69, 9.17) is 11.6 Å². The van der Waals surface area contributed by atoms with Gasteiger partial charge in [-0.15, -0.1) is 0 Å². The van der Waals surface area contributed by atoms with E-state index in [1.165, 1.54) is 6.07 Å². The summed E-state index contributed by atoms with van der Waals surface area (Å²) in [7, 11) is 0. The third-order valence-corrected chi connectivity index (χ3v) is 2.98. The molecule has 1 nitrogen and oxygen atoms in total. The van der Waals surface area contributed by atoms with Gasteiger partial charge in [0, 0.05) is 13.1 Å². The Balaban J connectivity index is 2.18. The van der Waals surface area contributed by atoms with Crippen LogP contribution in [-0.4, -0.2) is 13.1 Å². The van der Waals surface area contributed by atoms with Crippen LogP contribution in [0.3, 0.4) is 0 Å². The number of halogens is 2. The second-order valence-corrected chi connectivity index (χ2v) is 4.03. The molecular formula is C11H12ClFN. The molecule has 14 heavy (non-hydrogen) atoms. The first-order valence-electron chi connectivity index (χ1n) is 4.85. The summed E-state index contributed by atoms with van der Waals surface area (Å²) < 4.78 is 12.9. The van der Waals surface area contributed by atoms with Crippen molar-refractivity contribution in [3.05, 3.63) is 34.6 Å². The van der Waals surface area contributed by atoms with Gasteiger partial charge in [-0.25, -0.2) is 9.71 Å². The summed E-state index contributed by atoms with van der Waals surface area (Å²) >= 11 is 5.73. The molecule has 1 fully saturated rings. The van der Waals surface area contributed by atoms with Crippen molar-refractivity contribution in [3.8, 4) is 0 Å². The highest BCUT2D eigenvalue weighted by Gasteiger charge is 2.16. The van der Waals surface area contributed by atoms with Gasteiger partial charge in [0.25, 0.3) is 0 Å². The summed E-state index contributed by atoms with van der Waals surface area (Å²) in [6.07, 6.45) is 2.12. The zero-order valence-corrected chi connectivity index (χ0v) is 8.60. The molecule has 0 unspecified atom stereocenters. The summed E-state index contributed by atoms with van der Waals surface area (Å²) in [5, 5.41) is 4.51. The van der Waals surface area contributed by atoms with Crippen molar-refractivity contribution >= 4 is 11.6 Å². The summed E-state index contributed by atoms with van der Waals surface area (Å²) in [5.74, 6) is 0.168. The van der Waals surface area contributed by atoms with E-state index < -0.39 is 0 Å². The van der Waals surface area contributed by atoms with Crippen LogP contribution in [0.25, 0.3) is 0 Å². The maximum Gasteiger partial charge on any atom is 0.141 e.